The van der Waals surface area contributed by atoms with Crippen LogP contribution in [0.1, 0.15) is 10.4 Å². The molecule has 0 heterocycles. The molecule has 1 amide bonds. The highest BCUT2D eigenvalue weighted by molar-refractivity contribution is 7.80. The maximum Gasteiger partial charge on any atom is 0.272 e. The van der Waals surface area contributed by atoms with Crippen LogP contribution in [0.2, 0.25) is 0 Å². The number of hydrogen-bond donors (Lipinski definition) is 6. The van der Waals surface area contributed by atoms with E-state index in [1.807, 2.05) is 0 Å². The van der Waals surface area contributed by atoms with Gasteiger partial charge in [0.15, 0.2) is 0 Å². The molecular formula is C12H16N2O5S. The van der Waals surface area contributed by atoms with Gasteiger partial charge in [0.05, 0.1) is 18.4 Å². The van der Waals surface area contributed by atoms with Crippen molar-refractivity contribution in [2.45, 2.75) is 23.2 Å². The van der Waals surface area contributed by atoms with E-state index in [0.29, 0.717) is 10.5 Å². The fourth-order valence-corrected chi connectivity index (χ4v) is 1.58. The van der Waals surface area contributed by atoms with Gasteiger partial charge in [0.1, 0.15) is 18.3 Å². The van der Waals surface area contributed by atoms with E-state index >= 15 is 0 Å². The predicted molar refractivity (Wildman–Crippen MR) is 74.8 cm³/mol. The molecule has 0 aliphatic rings. The molecule has 0 fully saturated rings. The summed E-state index contributed by atoms with van der Waals surface area (Å²) < 4.78 is 0. The fraction of sp³-hybridized carbons (Fsp3) is 0.333. The molecule has 0 aliphatic carbocycles. The molecule has 5 N–H and O–H groups in total. The van der Waals surface area contributed by atoms with Crippen molar-refractivity contribution in [3.8, 4) is 0 Å². The average Bonchev–Trinajstić information content (AvgIpc) is 2.45. The Morgan fingerprint density at radius 2 is 2.00 bits per heavy atom. The van der Waals surface area contributed by atoms with Gasteiger partial charge in [-0.25, -0.2) is 5.43 Å². The molecule has 0 aromatic heterocycles. The molecule has 8 heteroatoms. The van der Waals surface area contributed by atoms with Crippen molar-refractivity contribution in [2.24, 2.45) is 5.10 Å². The number of nitrogens with zero attached hydrogens (tertiary/aromatic N) is 1. The number of carbonyl (C=O) groups is 1. The van der Waals surface area contributed by atoms with Crippen LogP contribution in [0.5, 0.6) is 0 Å². The molecule has 0 bridgehead atoms. The van der Waals surface area contributed by atoms with Crippen LogP contribution in [0, 0.1) is 0 Å². The van der Waals surface area contributed by atoms with E-state index < -0.39 is 30.8 Å². The van der Waals surface area contributed by atoms with Crippen molar-refractivity contribution in [3.63, 3.8) is 0 Å². The van der Waals surface area contributed by atoms with Gasteiger partial charge in [-0.1, -0.05) is 12.1 Å². The van der Waals surface area contributed by atoms with E-state index in [1.165, 1.54) is 0 Å². The number of hydrogen-bond acceptors (Lipinski definition) is 7. The van der Waals surface area contributed by atoms with Crippen LogP contribution in [0.4, 0.5) is 0 Å². The summed E-state index contributed by atoms with van der Waals surface area (Å²) >= 11 is 4.11. The lowest BCUT2D eigenvalue weighted by Gasteiger charge is -2.17. The van der Waals surface area contributed by atoms with Crippen molar-refractivity contribution in [1.82, 2.24) is 5.43 Å². The van der Waals surface area contributed by atoms with Gasteiger partial charge in [-0.05, 0) is 12.1 Å². The summed E-state index contributed by atoms with van der Waals surface area (Å²) in [6, 6.07) is 6.57. The van der Waals surface area contributed by atoms with Crippen LogP contribution >= 0.6 is 12.6 Å². The lowest BCUT2D eigenvalue weighted by molar-refractivity contribution is -0.0542. The Hall–Kier alpha value is -1.45. The van der Waals surface area contributed by atoms with Crippen LogP contribution in [-0.2, 0) is 0 Å². The standard InChI is InChI=1S/C12H16N2O5S/c15-6-9(17)11(18)8(16)5-13-14-12(19)7-3-1-2-4-10(7)20/h1-5,8-9,11,15-18,20H,6H2,(H,14,19)/t8-,9-,11+/m0/s1. The van der Waals surface area contributed by atoms with Gasteiger partial charge in [0.25, 0.3) is 5.91 Å². The zero-order valence-corrected chi connectivity index (χ0v) is 11.3. The SMILES string of the molecule is O=C(NN=C[C@H](O)[C@@H](O)[C@@H](O)CO)c1ccccc1S. The quantitative estimate of drug-likeness (QED) is 0.223. The maximum absolute atomic E-state index is 11.7. The van der Waals surface area contributed by atoms with Gasteiger partial charge in [0, 0.05) is 4.90 Å². The highest BCUT2D eigenvalue weighted by Crippen LogP contribution is 2.12. The molecule has 0 spiro atoms. The lowest BCUT2D eigenvalue weighted by atomic mass is 10.1. The number of hydrazone groups is 1. The third-order valence-electron chi connectivity index (χ3n) is 2.47. The Labute approximate surface area is 121 Å². The molecule has 1 aromatic rings. The van der Waals surface area contributed by atoms with Crippen molar-refractivity contribution in [3.05, 3.63) is 29.8 Å². The molecule has 0 saturated carbocycles. The molecule has 1 aromatic carbocycles. The number of nitrogens with one attached hydrogen (secondary N) is 1. The van der Waals surface area contributed by atoms with E-state index in [9.17, 15) is 15.0 Å². The summed E-state index contributed by atoms with van der Waals surface area (Å²) in [5, 5.41) is 39.9. The number of aliphatic hydroxyl groups excluding tert-OH is 4. The Bertz CT molecular complexity index is 483. The first-order chi connectivity index (χ1) is 9.47. The third-order valence-corrected chi connectivity index (χ3v) is 2.86. The van der Waals surface area contributed by atoms with Crippen LogP contribution in [-0.4, -0.2) is 57.5 Å². The van der Waals surface area contributed by atoms with Crippen LogP contribution in [0.3, 0.4) is 0 Å². The van der Waals surface area contributed by atoms with E-state index in [4.69, 9.17) is 10.2 Å². The molecule has 3 atom stereocenters. The second kappa shape index (κ2) is 7.98. The van der Waals surface area contributed by atoms with Gasteiger partial charge in [-0.2, -0.15) is 5.10 Å². The van der Waals surface area contributed by atoms with Crippen LogP contribution in [0.15, 0.2) is 34.3 Å². The monoisotopic (exact) mass is 300 g/mol. The Kier molecular flexibility index (Phi) is 6.62. The first-order valence-corrected chi connectivity index (χ1v) is 6.18. The summed E-state index contributed by atoms with van der Waals surface area (Å²) in [5.41, 5.74) is 2.45. The van der Waals surface area contributed by atoms with Crippen LogP contribution < -0.4 is 5.43 Å². The minimum absolute atomic E-state index is 0.304. The number of aliphatic hydroxyl groups is 4. The molecule has 0 unspecified atom stereocenters. The van der Waals surface area contributed by atoms with Crippen LogP contribution in [0.25, 0.3) is 0 Å². The number of benzene rings is 1. The topological polar surface area (TPSA) is 122 Å². The number of thiol groups is 1. The Morgan fingerprint density at radius 1 is 1.35 bits per heavy atom. The summed E-state index contributed by atoms with van der Waals surface area (Å²) in [6.07, 6.45) is -3.77. The zero-order chi connectivity index (χ0) is 15.1. The van der Waals surface area contributed by atoms with Crippen molar-refractivity contribution >= 4 is 24.8 Å². The average molecular weight is 300 g/mol. The smallest absolute Gasteiger partial charge is 0.272 e. The minimum Gasteiger partial charge on any atom is -0.394 e. The summed E-state index contributed by atoms with van der Waals surface area (Å²) in [4.78, 5) is 12.2. The zero-order valence-electron chi connectivity index (χ0n) is 10.4. The molecule has 0 radical (unpaired) electrons. The lowest BCUT2D eigenvalue weighted by Crippen LogP contribution is -2.40. The molecule has 0 aliphatic heterocycles. The highest BCUT2D eigenvalue weighted by atomic mass is 32.1. The molecule has 20 heavy (non-hydrogen) atoms. The largest absolute Gasteiger partial charge is 0.394 e. The third kappa shape index (κ3) is 4.58. The number of rotatable bonds is 6. The normalized spacial score (nSPS) is 15.8. The Balaban J connectivity index is 2.57. The Morgan fingerprint density at radius 3 is 2.60 bits per heavy atom. The van der Waals surface area contributed by atoms with Crippen molar-refractivity contribution < 1.29 is 25.2 Å². The van der Waals surface area contributed by atoms with E-state index in [0.717, 1.165) is 6.21 Å². The maximum atomic E-state index is 11.7. The van der Waals surface area contributed by atoms with Gasteiger partial charge in [0.2, 0.25) is 0 Å². The van der Waals surface area contributed by atoms with Gasteiger partial charge in [-0.3, -0.25) is 4.79 Å². The molecule has 1 rings (SSSR count). The summed E-state index contributed by atoms with van der Waals surface area (Å²) in [5.74, 6) is -0.531. The predicted octanol–water partition coefficient (Wildman–Crippen LogP) is -1.23. The van der Waals surface area contributed by atoms with E-state index in [-0.39, 0.29) is 0 Å². The summed E-state index contributed by atoms with van der Waals surface area (Å²) in [7, 11) is 0. The van der Waals surface area contributed by atoms with E-state index in [2.05, 4.69) is 23.2 Å². The number of carbonyl (C=O) groups excluding carboxylic acids is 1. The van der Waals surface area contributed by atoms with Gasteiger partial charge < -0.3 is 20.4 Å². The van der Waals surface area contributed by atoms with Gasteiger partial charge in [-0.15, -0.1) is 12.6 Å². The first kappa shape index (κ1) is 16.6. The van der Waals surface area contributed by atoms with Gasteiger partial charge >= 0.3 is 0 Å². The molecular weight excluding hydrogens is 284 g/mol. The van der Waals surface area contributed by atoms with E-state index in [1.54, 1.807) is 24.3 Å². The fourth-order valence-electron chi connectivity index (χ4n) is 1.32. The second-order valence-electron chi connectivity index (χ2n) is 3.97. The highest BCUT2D eigenvalue weighted by Gasteiger charge is 2.22. The first-order valence-electron chi connectivity index (χ1n) is 5.74. The van der Waals surface area contributed by atoms with Crippen molar-refractivity contribution in [1.29, 1.82) is 0 Å². The molecule has 0 saturated heterocycles. The van der Waals surface area contributed by atoms with Crippen molar-refractivity contribution in [2.75, 3.05) is 6.61 Å². The molecule has 110 valence electrons. The number of amides is 1. The second-order valence-corrected chi connectivity index (χ2v) is 4.45. The summed E-state index contributed by atoms with van der Waals surface area (Å²) in [6.45, 7) is -0.703. The minimum atomic E-state index is -1.60. The molecule has 7 nitrogen and oxygen atoms in total.